The van der Waals surface area contributed by atoms with Crippen LogP contribution in [0.3, 0.4) is 0 Å². The van der Waals surface area contributed by atoms with Gasteiger partial charge in [0.1, 0.15) is 16.1 Å². The molecule has 1 aromatic heterocycles. The normalized spacial score (nSPS) is 17.7. The van der Waals surface area contributed by atoms with Gasteiger partial charge in [-0.3, -0.25) is 0 Å². The zero-order valence-electron chi connectivity index (χ0n) is 12.2. The van der Waals surface area contributed by atoms with Crippen LogP contribution in [0.1, 0.15) is 35.4 Å². The molecule has 1 fully saturated rings. The van der Waals surface area contributed by atoms with Crippen molar-refractivity contribution in [2.24, 2.45) is 0 Å². The van der Waals surface area contributed by atoms with E-state index >= 15 is 0 Å². The minimum absolute atomic E-state index is 0.0560. The van der Waals surface area contributed by atoms with Gasteiger partial charge in [0.25, 0.3) is 0 Å². The van der Waals surface area contributed by atoms with Gasteiger partial charge in [-0.25, -0.2) is 13.2 Å². The van der Waals surface area contributed by atoms with Gasteiger partial charge >= 0.3 is 12.1 Å². The summed E-state index contributed by atoms with van der Waals surface area (Å²) in [5, 5.41) is -0.501. The molecule has 130 valence electrons. The summed E-state index contributed by atoms with van der Waals surface area (Å²) in [6.07, 6.45) is -5.16. The number of hydrogen-bond donors (Lipinski definition) is 2. The lowest BCUT2D eigenvalue weighted by Crippen LogP contribution is -2.62. The van der Waals surface area contributed by atoms with Crippen LogP contribution in [-0.2, 0) is 14.8 Å². The van der Waals surface area contributed by atoms with Crippen molar-refractivity contribution >= 4 is 27.6 Å². The number of aromatic nitrogens is 1. The number of esters is 1. The van der Waals surface area contributed by atoms with Crippen molar-refractivity contribution in [3.05, 3.63) is 16.4 Å². The molecule has 2 N–H and O–H groups in total. The number of methoxy groups -OCH3 is 1. The lowest BCUT2D eigenvalue weighted by atomic mass is 9.77. The van der Waals surface area contributed by atoms with Crippen LogP contribution in [0.2, 0.25) is 5.02 Å². The largest absolute Gasteiger partial charge is 0.464 e. The molecule has 1 aromatic rings. The summed E-state index contributed by atoms with van der Waals surface area (Å²) in [6.45, 7) is 1.29. The van der Waals surface area contributed by atoms with Crippen LogP contribution in [0.15, 0.2) is 4.90 Å². The lowest BCUT2D eigenvalue weighted by Gasteiger charge is -2.43. The van der Waals surface area contributed by atoms with Gasteiger partial charge in [-0.1, -0.05) is 11.6 Å². The van der Waals surface area contributed by atoms with Crippen LogP contribution in [0.4, 0.5) is 13.2 Å². The van der Waals surface area contributed by atoms with Crippen molar-refractivity contribution in [3.8, 4) is 0 Å². The van der Waals surface area contributed by atoms with Crippen LogP contribution >= 0.6 is 11.6 Å². The molecule has 1 aliphatic carbocycles. The first-order chi connectivity index (χ1) is 10.5. The van der Waals surface area contributed by atoms with E-state index < -0.39 is 37.6 Å². The van der Waals surface area contributed by atoms with Crippen molar-refractivity contribution < 1.29 is 31.1 Å². The van der Waals surface area contributed by atoms with Gasteiger partial charge in [0.05, 0.1) is 12.1 Å². The first kappa shape index (κ1) is 18.1. The molecule has 0 bridgehead atoms. The Bertz CT molecular complexity index is 738. The molecular formula is C12H14ClF3N2O4S. The molecule has 0 unspecified atom stereocenters. The standard InChI is InChI=1S/C12H14ClF3N2O4S/c1-6-9(7(13)8(17-6)10(19)22-2)23(20,21)18-11(4-3-5-11)12(14,15)16/h17-18H,3-5H2,1-2H3. The minimum atomic E-state index is -4.72. The summed E-state index contributed by atoms with van der Waals surface area (Å²) in [5.41, 5.74) is -2.88. The van der Waals surface area contributed by atoms with E-state index in [1.807, 2.05) is 0 Å². The number of ether oxygens (including phenoxy) is 1. The average Bonchev–Trinajstić information content (AvgIpc) is 2.67. The Morgan fingerprint density at radius 3 is 2.35 bits per heavy atom. The number of rotatable bonds is 4. The van der Waals surface area contributed by atoms with Crippen LogP contribution in [0.5, 0.6) is 0 Å². The minimum Gasteiger partial charge on any atom is -0.464 e. The fourth-order valence-electron chi connectivity index (χ4n) is 2.42. The van der Waals surface area contributed by atoms with E-state index in [-0.39, 0.29) is 30.7 Å². The number of H-pyrrole nitrogens is 1. The molecule has 6 nitrogen and oxygen atoms in total. The topological polar surface area (TPSA) is 88.3 Å². The number of sulfonamides is 1. The van der Waals surface area contributed by atoms with Gasteiger partial charge in [0.15, 0.2) is 0 Å². The van der Waals surface area contributed by atoms with E-state index in [1.165, 1.54) is 6.92 Å². The molecule has 1 saturated carbocycles. The monoisotopic (exact) mass is 374 g/mol. The SMILES string of the molecule is COC(=O)c1[nH]c(C)c(S(=O)(=O)NC2(C(F)(F)F)CCC2)c1Cl. The molecule has 11 heteroatoms. The number of halogens is 4. The van der Waals surface area contributed by atoms with E-state index in [9.17, 15) is 26.4 Å². The second kappa shape index (κ2) is 5.67. The quantitative estimate of drug-likeness (QED) is 0.793. The predicted molar refractivity (Wildman–Crippen MR) is 74.8 cm³/mol. The van der Waals surface area contributed by atoms with Crippen molar-refractivity contribution in [1.82, 2.24) is 9.71 Å². The first-order valence-corrected chi connectivity index (χ1v) is 8.38. The van der Waals surface area contributed by atoms with Gasteiger partial charge < -0.3 is 9.72 Å². The summed E-state index contributed by atoms with van der Waals surface area (Å²) in [6, 6.07) is 0. The molecule has 1 heterocycles. The Balaban J connectivity index is 2.45. The van der Waals surface area contributed by atoms with Gasteiger partial charge in [-0.15, -0.1) is 0 Å². The fraction of sp³-hybridized carbons (Fsp3) is 0.583. The van der Waals surface area contributed by atoms with E-state index in [4.69, 9.17) is 11.6 Å². The fourth-order valence-corrected chi connectivity index (χ4v) is 4.72. The van der Waals surface area contributed by atoms with Crippen molar-refractivity contribution in [1.29, 1.82) is 0 Å². The van der Waals surface area contributed by atoms with Crippen molar-refractivity contribution in [2.75, 3.05) is 7.11 Å². The molecule has 2 rings (SSSR count). The maximum atomic E-state index is 13.1. The molecule has 0 saturated heterocycles. The van der Waals surface area contributed by atoms with Crippen molar-refractivity contribution in [3.63, 3.8) is 0 Å². The highest BCUT2D eigenvalue weighted by Crippen LogP contribution is 2.46. The first-order valence-electron chi connectivity index (χ1n) is 6.52. The highest BCUT2D eigenvalue weighted by molar-refractivity contribution is 7.89. The third-order valence-electron chi connectivity index (χ3n) is 3.81. The third-order valence-corrected chi connectivity index (χ3v) is 6.01. The van der Waals surface area contributed by atoms with Gasteiger partial charge in [-0.05, 0) is 26.2 Å². The summed E-state index contributed by atoms with van der Waals surface area (Å²) in [7, 11) is -3.52. The zero-order valence-corrected chi connectivity index (χ0v) is 13.7. The number of aryl methyl sites for hydroxylation is 1. The smallest absolute Gasteiger partial charge is 0.407 e. The Kier molecular flexibility index (Phi) is 4.46. The Hall–Kier alpha value is -1.26. The molecule has 0 radical (unpaired) electrons. The molecular weight excluding hydrogens is 361 g/mol. The van der Waals surface area contributed by atoms with Crippen LogP contribution in [0, 0.1) is 6.92 Å². The third kappa shape index (κ3) is 2.94. The lowest BCUT2D eigenvalue weighted by molar-refractivity contribution is -0.212. The van der Waals surface area contributed by atoms with E-state index in [0.717, 1.165) is 7.11 Å². The average molecular weight is 375 g/mol. The molecule has 0 aliphatic heterocycles. The Morgan fingerprint density at radius 2 is 1.96 bits per heavy atom. The molecule has 0 amide bonds. The van der Waals surface area contributed by atoms with Crippen LogP contribution in [0.25, 0.3) is 0 Å². The molecule has 23 heavy (non-hydrogen) atoms. The maximum Gasteiger partial charge on any atom is 0.407 e. The van der Waals surface area contributed by atoms with Crippen molar-refractivity contribution in [2.45, 2.75) is 42.8 Å². The maximum absolute atomic E-state index is 13.1. The van der Waals surface area contributed by atoms with Gasteiger partial charge in [0, 0.05) is 5.69 Å². The zero-order chi connectivity index (χ0) is 17.6. The summed E-state index contributed by atoms with van der Waals surface area (Å²) in [4.78, 5) is 13.3. The number of hydrogen-bond acceptors (Lipinski definition) is 4. The Labute approximate surface area is 135 Å². The van der Waals surface area contributed by atoms with E-state index in [1.54, 1.807) is 4.72 Å². The summed E-state index contributed by atoms with van der Waals surface area (Å²) in [5.74, 6) is -0.922. The van der Waals surface area contributed by atoms with E-state index in [2.05, 4.69) is 9.72 Å². The van der Waals surface area contributed by atoms with E-state index in [0.29, 0.717) is 0 Å². The number of aromatic amines is 1. The molecule has 0 atom stereocenters. The summed E-state index contributed by atoms with van der Waals surface area (Å²) >= 11 is 5.86. The number of carbonyl (C=O) groups is 1. The highest BCUT2D eigenvalue weighted by Gasteiger charge is 2.60. The predicted octanol–water partition coefficient (Wildman–Crippen LogP) is 2.53. The van der Waals surface area contributed by atoms with Gasteiger partial charge in [0.2, 0.25) is 10.0 Å². The van der Waals surface area contributed by atoms with Crippen LogP contribution in [-0.4, -0.2) is 38.2 Å². The number of nitrogens with one attached hydrogen (secondary N) is 2. The second-order valence-electron chi connectivity index (χ2n) is 5.30. The Morgan fingerprint density at radius 1 is 1.39 bits per heavy atom. The molecule has 1 aliphatic rings. The van der Waals surface area contributed by atoms with Crippen LogP contribution < -0.4 is 4.72 Å². The van der Waals surface area contributed by atoms with Gasteiger partial charge in [-0.2, -0.15) is 17.9 Å². The molecule has 0 aromatic carbocycles. The highest BCUT2D eigenvalue weighted by atomic mass is 35.5. The second-order valence-corrected chi connectivity index (χ2v) is 7.30. The number of carbonyl (C=O) groups excluding carboxylic acids is 1. The molecule has 0 spiro atoms. The number of alkyl halides is 3. The summed E-state index contributed by atoms with van der Waals surface area (Å²) < 4.78 is 70.4.